The summed E-state index contributed by atoms with van der Waals surface area (Å²) in [5.41, 5.74) is 0. The number of halogens is 1. The van der Waals surface area contributed by atoms with Crippen LogP contribution in [0.2, 0.25) is 0 Å². The maximum Gasteiger partial charge on any atom is 0.321 e. The minimum absolute atomic E-state index is 0.229. The quantitative estimate of drug-likeness (QED) is 0.480. The molecule has 0 rings (SSSR count). The zero-order chi connectivity index (χ0) is 6.57. The van der Waals surface area contributed by atoms with Crippen molar-refractivity contribution in [1.82, 2.24) is 0 Å². The summed E-state index contributed by atoms with van der Waals surface area (Å²) in [6.45, 7) is -0.229. The van der Waals surface area contributed by atoms with Crippen molar-refractivity contribution in [3.05, 3.63) is 0 Å². The molecular weight excluding hydrogens is 176 g/mol. The minimum Gasteiger partial charge on any atom is -0.468 e. The first-order chi connectivity index (χ1) is 3.72. The zero-order valence-electron chi connectivity index (χ0n) is 4.43. The average Bonchev–Trinajstić information content (AvgIpc) is 1.84. The second-order valence-corrected chi connectivity index (χ2v) is 2.28. The van der Waals surface area contributed by atoms with Gasteiger partial charge in [-0.25, -0.2) is 0 Å². The molecule has 1 N–H and O–H groups in total. The number of alkyl halides is 1. The first-order valence-corrected chi connectivity index (χ1v) is 2.96. The number of carbonyl (C=O) groups is 1. The zero-order valence-corrected chi connectivity index (χ0v) is 6.01. The monoisotopic (exact) mass is 182 g/mol. The Balaban J connectivity index is 3.46. The third-order valence-electron chi connectivity index (χ3n) is 0.617. The maximum atomic E-state index is 10.3. The smallest absolute Gasteiger partial charge is 0.321 e. The van der Waals surface area contributed by atoms with Crippen molar-refractivity contribution in [1.29, 1.82) is 0 Å². The third kappa shape index (κ3) is 2.28. The van der Waals surface area contributed by atoms with Crippen LogP contribution in [0.3, 0.4) is 0 Å². The molecule has 0 aromatic rings. The number of ether oxygens (including phenoxy) is 1. The van der Waals surface area contributed by atoms with Gasteiger partial charge >= 0.3 is 5.97 Å². The van der Waals surface area contributed by atoms with Crippen LogP contribution in [0.4, 0.5) is 0 Å². The molecule has 48 valence electrons. The van der Waals surface area contributed by atoms with Crippen molar-refractivity contribution >= 4 is 21.9 Å². The fourth-order valence-corrected chi connectivity index (χ4v) is 0.389. The highest BCUT2D eigenvalue weighted by Gasteiger charge is 2.11. The van der Waals surface area contributed by atoms with Crippen LogP contribution in [-0.4, -0.2) is 29.6 Å². The number of hydrogen-bond acceptors (Lipinski definition) is 3. The van der Waals surface area contributed by atoms with Gasteiger partial charge in [0.05, 0.1) is 13.7 Å². The molecule has 0 amide bonds. The number of hydrogen-bond donors (Lipinski definition) is 1. The molecule has 1 atom stereocenters. The summed E-state index contributed by atoms with van der Waals surface area (Å²) in [5.74, 6) is -0.451. The summed E-state index contributed by atoms with van der Waals surface area (Å²) < 4.78 is 4.26. The van der Waals surface area contributed by atoms with Gasteiger partial charge in [-0.05, 0) is 0 Å². The van der Waals surface area contributed by atoms with Crippen LogP contribution in [0.5, 0.6) is 0 Å². The first kappa shape index (κ1) is 7.91. The lowest BCUT2D eigenvalue weighted by atomic mass is 10.5. The van der Waals surface area contributed by atoms with E-state index in [1.54, 1.807) is 0 Å². The lowest BCUT2D eigenvalue weighted by Gasteiger charge is -2.00. The van der Waals surface area contributed by atoms with Crippen LogP contribution in [0.25, 0.3) is 0 Å². The van der Waals surface area contributed by atoms with E-state index >= 15 is 0 Å². The second-order valence-electron chi connectivity index (χ2n) is 1.17. The molecule has 0 heterocycles. The number of aliphatic hydroxyl groups excluding tert-OH is 1. The highest BCUT2D eigenvalue weighted by molar-refractivity contribution is 9.10. The van der Waals surface area contributed by atoms with Crippen LogP contribution in [0, 0.1) is 0 Å². The number of aliphatic hydroxyl groups is 1. The van der Waals surface area contributed by atoms with E-state index in [9.17, 15) is 4.79 Å². The van der Waals surface area contributed by atoms with Gasteiger partial charge in [0.1, 0.15) is 4.83 Å². The molecule has 0 saturated carbocycles. The van der Waals surface area contributed by atoms with Gasteiger partial charge in [0.15, 0.2) is 0 Å². The fourth-order valence-electron chi connectivity index (χ4n) is 0.202. The molecule has 0 saturated heterocycles. The Morgan fingerprint density at radius 2 is 2.50 bits per heavy atom. The number of rotatable bonds is 2. The Bertz CT molecular complexity index is 83.4. The first-order valence-electron chi connectivity index (χ1n) is 2.05. The number of carbonyl (C=O) groups excluding carboxylic acids is 1. The van der Waals surface area contributed by atoms with Crippen molar-refractivity contribution in [2.45, 2.75) is 4.83 Å². The summed E-state index contributed by atoms with van der Waals surface area (Å²) in [7, 11) is 1.27. The SMILES string of the molecule is COC(=O)[C@H](Br)CO. The molecule has 0 spiro atoms. The largest absolute Gasteiger partial charge is 0.468 e. The molecule has 0 aliphatic heterocycles. The van der Waals surface area contributed by atoms with E-state index in [0.29, 0.717) is 0 Å². The fraction of sp³-hybridized carbons (Fsp3) is 0.750. The average molecular weight is 183 g/mol. The van der Waals surface area contributed by atoms with Crippen molar-refractivity contribution in [3.8, 4) is 0 Å². The van der Waals surface area contributed by atoms with Crippen LogP contribution < -0.4 is 0 Å². The molecule has 0 unspecified atom stereocenters. The Hall–Kier alpha value is -0.0900. The summed E-state index contributed by atoms with van der Waals surface area (Å²) >= 11 is 2.88. The van der Waals surface area contributed by atoms with E-state index in [4.69, 9.17) is 5.11 Å². The molecule has 4 heteroatoms. The third-order valence-corrected chi connectivity index (χ3v) is 1.28. The van der Waals surface area contributed by atoms with E-state index in [2.05, 4.69) is 20.7 Å². The van der Waals surface area contributed by atoms with E-state index in [-0.39, 0.29) is 6.61 Å². The number of methoxy groups -OCH3 is 1. The van der Waals surface area contributed by atoms with E-state index in [1.165, 1.54) is 7.11 Å². The second kappa shape index (κ2) is 3.86. The van der Waals surface area contributed by atoms with Gasteiger partial charge in [-0.3, -0.25) is 4.79 Å². The molecule has 8 heavy (non-hydrogen) atoms. The molecule has 0 fully saturated rings. The standard InChI is InChI=1S/C4H7BrO3/c1-8-4(7)3(5)2-6/h3,6H,2H2,1H3/t3-/m1/s1. The van der Waals surface area contributed by atoms with Gasteiger partial charge in [0.25, 0.3) is 0 Å². The van der Waals surface area contributed by atoms with Gasteiger partial charge < -0.3 is 9.84 Å². The molecule has 0 aliphatic rings. The molecule has 0 aromatic carbocycles. The van der Waals surface area contributed by atoms with Gasteiger partial charge in [-0.15, -0.1) is 0 Å². The summed E-state index contributed by atoms with van der Waals surface area (Å²) in [4.78, 5) is 9.74. The van der Waals surface area contributed by atoms with Gasteiger partial charge in [0.2, 0.25) is 0 Å². The Morgan fingerprint density at radius 1 is 2.00 bits per heavy atom. The van der Waals surface area contributed by atoms with Crippen molar-refractivity contribution in [2.75, 3.05) is 13.7 Å². The summed E-state index contributed by atoms with van der Waals surface area (Å²) in [6.07, 6.45) is 0. The Morgan fingerprint density at radius 3 is 2.62 bits per heavy atom. The van der Waals surface area contributed by atoms with Crippen molar-refractivity contribution < 1.29 is 14.6 Å². The molecular formula is C4H7BrO3. The molecule has 0 aliphatic carbocycles. The summed E-state index contributed by atoms with van der Waals surface area (Å²) in [5, 5.41) is 8.29. The molecule has 3 nitrogen and oxygen atoms in total. The van der Waals surface area contributed by atoms with Gasteiger partial charge in [-0.1, -0.05) is 15.9 Å². The summed E-state index contributed by atoms with van der Waals surface area (Å²) in [6, 6.07) is 0. The lowest BCUT2D eigenvalue weighted by molar-refractivity contribution is -0.140. The van der Waals surface area contributed by atoms with Gasteiger partial charge in [-0.2, -0.15) is 0 Å². The van der Waals surface area contributed by atoms with Crippen LogP contribution >= 0.6 is 15.9 Å². The number of esters is 1. The minimum atomic E-state index is -0.576. The molecule has 0 radical (unpaired) electrons. The van der Waals surface area contributed by atoms with Crippen LogP contribution in [0.1, 0.15) is 0 Å². The van der Waals surface area contributed by atoms with Crippen LogP contribution in [-0.2, 0) is 9.53 Å². The molecule has 0 aromatic heterocycles. The maximum absolute atomic E-state index is 10.3. The van der Waals surface area contributed by atoms with E-state index in [1.807, 2.05) is 0 Å². The van der Waals surface area contributed by atoms with E-state index < -0.39 is 10.8 Å². The van der Waals surface area contributed by atoms with Crippen molar-refractivity contribution in [2.24, 2.45) is 0 Å². The highest BCUT2D eigenvalue weighted by Crippen LogP contribution is 1.98. The van der Waals surface area contributed by atoms with Gasteiger partial charge in [0, 0.05) is 0 Å². The lowest BCUT2D eigenvalue weighted by Crippen LogP contribution is -2.18. The van der Waals surface area contributed by atoms with Crippen molar-refractivity contribution in [3.63, 3.8) is 0 Å². The van der Waals surface area contributed by atoms with Crippen LogP contribution in [0.15, 0.2) is 0 Å². The normalized spacial score (nSPS) is 12.9. The Labute approximate surface area is 55.8 Å². The predicted octanol–water partition coefficient (Wildman–Crippen LogP) is -0.0848. The predicted molar refractivity (Wildman–Crippen MR) is 31.8 cm³/mol. The topological polar surface area (TPSA) is 46.5 Å². The van der Waals surface area contributed by atoms with E-state index in [0.717, 1.165) is 0 Å². The highest BCUT2D eigenvalue weighted by atomic mass is 79.9. The Kier molecular flexibility index (Phi) is 3.81. The molecule has 0 bridgehead atoms.